The number of sulfonamides is 1. The van der Waals surface area contributed by atoms with Gasteiger partial charge in [0.2, 0.25) is 0 Å². The van der Waals surface area contributed by atoms with E-state index in [1.165, 1.54) is 29.5 Å². The minimum Gasteiger partial charge on any atom is -0.346 e. The summed E-state index contributed by atoms with van der Waals surface area (Å²) in [6.07, 6.45) is 3.37. The van der Waals surface area contributed by atoms with Gasteiger partial charge in [0.1, 0.15) is 9.90 Å². The van der Waals surface area contributed by atoms with Crippen LogP contribution in [0.1, 0.15) is 39.6 Å². The third kappa shape index (κ3) is 3.48. The number of carbonyl (C=O) groups is 2. The monoisotopic (exact) mass is 442 g/mol. The molecule has 1 aromatic carbocycles. The van der Waals surface area contributed by atoms with E-state index < -0.39 is 27.9 Å². The third-order valence-corrected chi connectivity index (χ3v) is 7.46. The van der Waals surface area contributed by atoms with Crippen molar-refractivity contribution in [2.45, 2.75) is 31.3 Å². The van der Waals surface area contributed by atoms with Crippen molar-refractivity contribution >= 4 is 33.2 Å². The maximum Gasteiger partial charge on any atom is 0.269 e. The average Bonchev–Trinajstić information content (AvgIpc) is 3.27. The second-order valence-corrected chi connectivity index (χ2v) is 9.68. The molecule has 0 saturated carbocycles. The molecular weight excluding hydrogens is 424 g/mol. The maximum atomic E-state index is 12.7. The fraction of sp³-hybridized carbons (Fsp3) is 0.200. The molecule has 3 aromatic rings. The van der Waals surface area contributed by atoms with Crippen LogP contribution in [0.25, 0.3) is 11.3 Å². The van der Waals surface area contributed by atoms with E-state index in [4.69, 9.17) is 0 Å². The largest absolute Gasteiger partial charge is 0.346 e. The SMILES string of the molecule is CC(C)N1C(=O)c2ccc(C(=O)NCc3nc(-c4ccncc4)cs3)cc2S1(=O)=O. The van der Waals surface area contributed by atoms with Gasteiger partial charge in [0.25, 0.3) is 21.8 Å². The van der Waals surface area contributed by atoms with Crippen molar-refractivity contribution in [3.05, 3.63) is 64.2 Å². The number of pyridine rings is 1. The summed E-state index contributed by atoms with van der Waals surface area (Å²) in [5.41, 5.74) is 1.98. The van der Waals surface area contributed by atoms with Crippen molar-refractivity contribution in [3.63, 3.8) is 0 Å². The Kier molecular flexibility index (Phi) is 5.12. The second kappa shape index (κ2) is 7.62. The number of fused-ring (bicyclic) bond motifs is 1. The summed E-state index contributed by atoms with van der Waals surface area (Å²) in [7, 11) is -3.96. The Balaban J connectivity index is 1.50. The van der Waals surface area contributed by atoms with Gasteiger partial charge < -0.3 is 5.32 Å². The fourth-order valence-corrected chi connectivity index (χ4v) is 5.74. The van der Waals surface area contributed by atoms with Gasteiger partial charge in [-0.05, 0) is 44.2 Å². The summed E-state index contributed by atoms with van der Waals surface area (Å²) in [6.45, 7) is 3.46. The topological polar surface area (TPSA) is 109 Å². The Morgan fingerprint density at radius 1 is 1.20 bits per heavy atom. The summed E-state index contributed by atoms with van der Waals surface area (Å²) in [6, 6.07) is 7.29. The number of nitrogens with one attached hydrogen (secondary N) is 1. The first-order chi connectivity index (χ1) is 14.3. The van der Waals surface area contributed by atoms with Crippen molar-refractivity contribution in [2.75, 3.05) is 0 Å². The van der Waals surface area contributed by atoms with Crippen LogP contribution in [-0.4, -0.2) is 40.5 Å². The van der Waals surface area contributed by atoms with Gasteiger partial charge in [0.15, 0.2) is 0 Å². The van der Waals surface area contributed by atoms with Crippen LogP contribution in [-0.2, 0) is 16.6 Å². The van der Waals surface area contributed by atoms with Crippen LogP contribution < -0.4 is 5.32 Å². The summed E-state index contributed by atoms with van der Waals surface area (Å²) in [4.78, 5) is 33.3. The lowest BCUT2D eigenvalue weighted by Gasteiger charge is -2.18. The zero-order valence-corrected chi connectivity index (χ0v) is 17.8. The van der Waals surface area contributed by atoms with Crippen LogP contribution >= 0.6 is 11.3 Å². The van der Waals surface area contributed by atoms with Crippen molar-refractivity contribution in [3.8, 4) is 11.3 Å². The molecule has 2 amide bonds. The first kappa shape index (κ1) is 20.2. The predicted octanol–water partition coefficient (Wildman–Crippen LogP) is 2.69. The lowest BCUT2D eigenvalue weighted by Crippen LogP contribution is -2.36. The molecule has 0 saturated heterocycles. The normalized spacial score (nSPS) is 14.8. The smallest absolute Gasteiger partial charge is 0.269 e. The minimum atomic E-state index is -3.96. The van der Waals surface area contributed by atoms with Gasteiger partial charge in [-0.2, -0.15) is 0 Å². The molecule has 3 heterocycles. The van der Waals surface area contributed by atoms with Gasteiger partial charge in [-0.3, -0.25) is 14.6 Å². The fourth-order valence-electron chi connectivity index (χ4n) is 3.20. The molecule has 30 heavy (non-hydrogen) atoms. The Morgan fingerprint density at radius 3 is 2.63 bits per heavy atom. The average molecular weight is 443 g/mol. The molecule has 0 atom stereocenters. The number of amides is 2. The van der Waals surface area contributed by atoms with Gasteiger partial charge in [-0.15, -0.1) is 11.3 Å². The first-order valence-corrected chi connectivity index (χ1v) is 11.5. The molecule has 0 spiro atoms. The van der Waals surface area contributed by atoms with Crippen LogP contribution in [0.15, 0.2) is 53.0 Å². The van der Waals surface area contributed by atoms with E-state index >= 15 is 0 Å². The highest BCUT2D eigenvalue weighted by atomic mass is 32.2. The number of thiazole rings is 1. The molecule has 1 aliphatic rings. The van der Waals surface area contributed by atoms with E-state index in [-0.39, 0.29) is 22.6 Å². The van der Waals surface area contributed by atoms with Crippen molar-refractivity contribution in [2.24, 2.45) is 0 Å². The summed E-state index contributed by atoms with van der Waals surface area (Å²) in [5.74, 6) is -1.01. The molecule has 0 fully saturated rings. The predicted molar refractivity (Wildman–Crippen MR) is 111 cm³/mol. The van der Waals surface area contributed by atoms with Crippen LogP contribution in [0.5, 0.6) is 0 Å². The van der Waals surface area contributed by atoms with Gasteiger partial charge in [-0.1, -0.05) is 0 Å². The van der Waals surface area contributed by atoms with Crippen LogP contribution in [0.2, 0.25) is 0 Å². The molecule has 10 heteroatoms. The number of rotatable bonds is 5. The molecule has 0 bridgehead atoms. The molecule has 1 N–H and O–H groups in total. The van der Waals surface area contributed by atoms with Crippen LogP contribution in [0.3, 0.4) is 0 Å². The maximum absolute atomic E-state index is 12.7. The number of benzene rings is 1. The van der Waals surface area contributed by atoms with Gasteiger partial charge in [0, 0.05) is 34.9 Å². The van der Waals surface area contributed by atoms with E-state index in [9.17, 15) is 18.0 Å². The standard InChI is InChI=1S/C20H18N4O4S2/c1-12(2)24-20(26)15-4-3-14(9-17(15)30(24,27)28)19(25)22-10-18-23-16(11-29-18)13-5-7-21-8-6-13/h3-9,11-12H,10H2,1-2H3,(H,22,25). The zero-order chi connectivity index (χ0) is 21.5. The molecule has 8 nitrogen and oxygen atoms in total. The van der Waals surface area contributed by atoms with E-state index in [0.717, 1.165) is 15.6 Å². The molecule has 0 radical (unpaired) electrons. The summed E-state index contributed by atoms with van der Waals surface area (Å²) < 4.78 is 26.2. The first-order valence-electron chi connectivity index (χ1n) is 9.15. The molecule has 0 unspecified atom stereocenters. The molecule has 1 aliphatic heterocycles. The van der Waals surface area contributed by atoms with E-state index in [1.54, 1.807) is 26.2 Å². The number of nitrogens with zero attached hydrogens (tertiary/aromatic N) is 3. The highest BCUT2D eigenvalue weighted by molar-refractivity contribution is 7.90. The Bertz CT molecular complexity index is 1240. The third-order valence-electron chi connectivity index (χ3n) is 4.61. The highest BCUT2D eigenvalue weighted by Crippen LogP contribution is 2.32. The van der Waals surface area contributed by atoms with Crippen molar-refractivity contribution in [1.29, 1.82) is 0 Å². The Labute approximate surface area is 177 Å². The molecule has 154 valence electrons. The lowest BCUT2D eigenvalue weighted by molar-refractivity contribution is 0.0845. The lowest BCUT2D eigenvalue weighted by atomic mass is 10.1. The number of carbonyl (C=O) groups excluding carboxylic acids is 2. The molecule has 4 rings (SSSR count). The van der Waals surface area contributed by atoms with E-state index in [2.05, 4.69) is 15.3 Å². The quantitative estimate of drug-likeness (QED) is 0.651. The molecule has 2 aromatic heterocycles. The Morgan fingerprint density at radius 2 is 1.93 bits per heavy atom. The van der Waals surface area contributed by atoms with Gasteiger partial charge in [0.05, 0.1) is 17.8 Å². The van der Waals surface area contributed by atoms with E-state index in [0.29, 0.717) is 5.01 Å². The van der Waals surface area contributed by atoms with Crippen molar-refractivity contribution in [1.82, 2.24) is 19.6 Å². The second-order valence-electron chi connectivity index (χ2n) is 6.96. The summed E-state index contributed by atoms with van der Waals surface area (Å²) in [5, 5.41) is 5.35. The molecule has 0 aliphatic carbocycles. The highest BCUT2D eigenvalue weighted by Gasteiger charge is 2.42. The Hall–Kier alpha value is -3.11. The molecular formula is C20H18N4O4S2. The van der Waals surface area contributed by atoms with Gasteiger partial charge in [-0.25, -0.2) is 17.7 Å². The van der Waals surface area contributed by atoms with E-state index in [1.807, 2.05) is 17.5 Å². The summed E-state index contributed by atoms with van der Waals surface area (Å²) >= 11 is 1.41. The van der Waals surface area contributed by atoms with Crippen LogP contribution in [0, 0.1) is 0 Å². The van der Waals surface area contributed by atoms with Gasteiger partial charge >= 0.3 is 0 Å². The minimum absolute atomic E-state index is 0.0853. The number of aromatic nitrogens is 2. The number of hydrogen-bond acceptors (Lipinski definition) is 7. The zero-order valence-electron chi connectivity index (χ0n) is 16.2. The van der Waals surface area contributed by atoms with Crippen LogP contribution in [0.4, 0.5) is 0 Å². The number of hydrogen-bond donors (Lipinski definition) is 1. The van der Waals surface area contributed by atoms with Crippen molar-refractivity contribution < 1.29 is 18.0 Å².